The largest absolute Gasteiger partial charge is 0.384 e. The zero-order chi connectivity index (χ0) is 9.56. The molecule has 0 rings (SSSR count). The molecule has 0 atom stereocenters. The molecule has 0 fully saturated rings. The first-order valence-electron chi connectivity index (χ1n) is 3.76. The van der Waals surface area contributed by atoms with Crippen molar-refractivity contribution in [2.75, 3.05) is 6.54 Å². The zero-order valence-corrected chi connectivity index (χ0v) is 7.39. The van der Waals surface area contributed by atoms with Crippen molar-refractivity contribution in [3.05, 3.63) is 11.4 Å². The molecule has 0 aliphatic rings. The van der Waals surface area contributed by atoms with E-state index < -0.39 is 0 Å². The molecule has 12 heavy (non-hydrogen) atoms. The summed E-state index contributed by atoms with van der Waals surface area (Å²) in [6, 6.07) is 1.82. The Bertz CT molecular complexity index is 222. The monoisotopic (exact) mass is 166 g/mol. The lowest BCUT2D eigenvalue weighted by atomic mass is 10.2. The maximum atomic E-state index is 8.48. The van der Waals surface area contributed by atoms with E-state index >= 15 is 0 Å². The maximum absolute atomic E-state index is 8.48. The van der Waals surface area contributed by atoms with Crippen LogP contribution in [0.1, 0.15) is 13.8 Å². The molecule has 0 aromatic carbocycles. The van der Waals surface area contributed by atoms with Crippen LogP contribution in [0.15, 0.2) is 11.4 Å². The van der Waals surface area contributed by atoms with Crippen LogP contribution in [-0.2, 0) is 0 Å². The average molecular weight is 166 g/mol. The van der Waals surface area contributed by atoms with E-state index in [0.29, 0.717) is 12.5 Å². The summed E-state index contributed by atoms with van der Waals surface area (Å²) in [5.74, 6) is 0.746. The molecular weight excluding hydrogens is 152 g/mol. The van der Waals surface area contributed by atoms with Crippen LogP contribution in [0, 0.1) is 22.7 Å². The van der Waals surface area contributed by atoms with Gasteiger partial charge in [0.15, 0.2) is 0 Å². The van der Waals surface area contributed by atoms with Gasteiger partial charge in [0, 0.05) is 12.8 Å². The second kappa shape index (κ2) is 5.19. The first-order chi connectivity index (χ1) is 5.61. The van der Waals surface area contributed by atoms with E-state index in [2.05, 4.69) is 5.32 Å². The number of allylic oxidation sites excluding steroid dienone is 1. The summed E-state index contributed by atoms with van der Waals surface area (Å²) >= 11 is 0. The first-order valence-corrected chi connectivity index (χ1v) is 3.76. The average Bonchev–Trinajstić information content (AvgIpc) is 2.03. The van der Waals surface area contributed by atoms with Crippen LogP contribution >= 0.6 is 0 Å². The third-order valence-corrected chi connectivity index (χ3v) is 1.26. The van der Waals surface area contributed by atoms with E-state index in [9.17, 15) is 0 Å². The molecule has 0 saturated carbocycles. The second-order valence-electron chi connectivity index (χ2n) is 2.86. The van der Waals surface area contributed by atoms with Gasteiger partial charge < -0.3 is 16.5 Å². The summed E-state index contributed by atoms with van der Waals surface area (Å²) in [6.45, 7) is 4.79. The minimum Gasteiger partial charge on any atom is -0.384 e. The molecule has 0 aliphatic heterocycles. The van der Waals surface area contributed by atoms with Gasteiger partial charge in [0.2, 0.25) is 0 Å². The number of nitrogens with one attached hydrogen (secondary N) is 2. The molecule has 0 amide bonds. The summed E-state index contributed by atoms with van der Waals surface area (Å²) in [7, 11) is 0. The van der Waals surface area contributed by atoms with Gasteiger partial charge in [0.05, 0.1) is 0 Å². The standard InChI is InChI=1S/C8H14N4/c1-6(2)5-12-8(11)7(3-9)4-10/h3,6,9,12H,5,11H2,1-2H3/b8-7+,9-3?. The molecule has 0 aliphatic carbocycles. The second-order valence-corrected chi connectivity index (χ2v) is 2.86. The Morgan fingerprint density at radius 2 is 2.33 bits per heavy atom. The maximum Gasteiger partial charge on any atom is 0.116 e. The lowest BCUT2D eigenvalue weighted by Gasteiger charge is -2.08. The Balaban J connectivity index is 4.17. The summed E-state index contributed by atoms with van der Waals surface area (Å²) < 4.78 is 0. The summed E-state index contributed by atoms with van der Waals surface area (Å²) in [4.78, 5) is 0. The van der Waals surface area contributed by atoms with Crippen LogP contribution in [0.25, 0.3) is 0 Å². The molecule has 0 bridgehead atoms. The van der Waals surface area contributed by atoms with Gasteiger partial charge in [-0.1, -0.05) is 13.8 Å². The van der Waals surface area contributed by atoms with Gasteiger partial charge in [-0.25, -0.2) is 0 Å². The highest BCUT2D eigenvalue weighted by Crippen LogP contribution is 1.93. The van der Waals surface area contributed by atoms with E-state index in [1.165, 1.54) is 0 Å². The van der Waals surface area contributed by atoms with E-state index in [1.807, 2.05) is 19.9 Å². The highest BCUT2D eigenvalue weighted by atomic mass is 15.0. The molecule has 0 unspecified atom stereocenters. The number of nitrogens with two attached hydrogens (primary N) is 1. The predicted octanol–water partition coefficient (Wildman–Crippen LogP) is 0.575. The molecule has 0 heterocycles. The van der Waals surface area contributed by atoms with Crippen molar-refractivity contribution in [3.8, 4) is 6.07 Å². The highest BCUT2D eigenvalue weighted by molar-refractivity contribution is 5.81. The van der Waals surface area contributed by atoms with Gasteiger partial charge in [-0.3, -0.25) is 0 Å². The molecule has 0 aromatic rings. The van der Waals surface area contributed by atoms with Gasteiger partial charge >= 0.3 is 0 Å². The Labute approximate surface area is 72.6 Å². The predicted molar refractivity (Wildman–Crippen MR) is 48.5 cm³/mol. The molecule has 0 radical (unpaired) electrons. The van der Waals surface area contributed by atoms with Crippen LogP contribution < -0.4 is 11.1 Å². The van der Waals surface area contributed by atoms with E-state index in [4.69, 9.17) is 16.4 Å². The van der Waals surface area contributed by atoms with Crippen LogP contribution in [0.5, 0.6) is 0 Å². The normalized spacial score (nSPS) is 11.8. The van der Waals surface area contributed by atoms with Crippen molar-refractivity contribution in [1.29, 1.82) is 10.7 Å². The molecule has 0 spiro atoms. The van der Waals surface area contributed by atoms with Crippen LogP contribution in [0.2, 0.25) is 0 Å². The number of nitriles is 1. The topological polar surface area (TPSA) is 85.7 Å². The van der Waals surface area contributed by atoms with E-state index in [0.717, 1.165) is 6.21 Å². The fourth-order valence-electron chi connectivity index (χ4n) is 0.580. The van der Waals surface area contributed by atoms with Gasteiger partial charge in [-0.05, 0) is 5.92 Å². The third kappa shape index (κ3) is 3.62. The van der Waals surface area contributed by atoms with Crippen LogP contribution in [0.4, 0.5) is 0 Å². The quantitative estimate of drug-likeness (QED) is 0.421. The zero-order valence-electron chi connectivity index (χ0n) is 7.39. The van der Waals surface area contributed by atoms with Crippen LogP contribution in [0.3, 0.4) is 0 Å². The van der Waals surface area contributed by atoms with Crippen LogP contribution in [-0.4, -0.2) is 12.8 Å². The molecule has 4 N–H and O–H groups in total. The van der Waals surface area contributed by atoms with Crippen molar-refractivity contribution in [3.63, 3.8) is 0 Å². The number of nitrogens with zero attached hydrogens (tertiary/aromatic N) is 1. The Morgan fingerprint density at radius 3 is 2.67 bits per heavy atom. The van der Waals surface area contributed by atoms with Crippen molar-refractivity contribution >= 4 is 6.21 Å². The van der Waals surface area contributed by atoms with Crippen molar-refractivity contribution in [2.24, 2.45) is 11.7 Å². The van der Waals surface area contributed by atoms with Gasteiger partial charge in [-0.2, -0.15) is 5.26 Å². The fraction of sp³-hybridized carbons (Fsp3) is 0.500. The van der Waals surface area contributed by atoms with E-state index in [-0.39, 0.29) is 11.4 Å². The Morgan fingerprint density at radius 1 is 1.75 bits per heavy atom. The number of rotatable bonds is 4. The van der Waals surface area contributed by atoms with Crippen molar-refractivity contribution < 1.29 is 0 Å². The summed E-state index contributed by atoms with van der Waals surface area (Å²) in [6.07, 6.45) is 0.947. The van der Waals surface area contributed by atoms with Gasteiger partial charge in [0.25, 0.3) is 0 Å². The lowest BCUT2D eigenvalue weighted by Crippen LogP contribution is -2.26. The van der Waals surface area contributed by atoms with Gasteiger partial charge in [-0.15, -0.1) is 0 Å². The van der Waals surface area contributed by atoms with Crippen molar-refractivity contribution in [1.82, 2.24) is 5.32 Å². The fourth-order valence-corrected chi connectivity index (χ4v) is 0.580. The molecule has 66 valence electrons. The molecule has 4 nitrogen and oxygen atoms in total. The first kappa shape index (κ1) is 10.5. The smallest absolute Gasteiger partial charge is 0.116 e. The molecule has 0 aromatic heterocycles. The highest BCUT2D eigenvalue weighted by Gasteiger charge is 1.99. The lowest BCUT2D eigenvalue weighted by molar-refractivity contribution is 0.593. The summed E-state index contributed by atoms with van der Waals surface area (Å²) in [5, 5.41) is 18.2. The Hall–Kier alpha value is -1.50. The van der Waals surface area contributed by atoms with E-state index in [1.54, 1.807) is 0 Å². The number of hydrogen-bond acceptors (Lipinski definition) is 4. The minimum absolute atomic E-state index is 0.177. The minimum atomic E-state index is 0.177. The Kier molecular flexibility index (Phi) is 4.54. The number of hydrogen-bond donors (Lipinski definition) is 3. The van der Waals surface area contributed by atoms with Gasteiger partial charge in [0.1, 0.15) is 17.5 Å². The molecular formula is C8H14N4. The van der Waals surface area contributed by atoms with Crippen molar-refractivity contribution in [2.45, 2.75) is 13.8 Å². The molecule has 4 heteroatoms. The third-order valence-electron chi connectivity index (χ3n) is 1.26. The SMILES string of the molecule is CC(C)CN/C(N)=C(/C#N)C=N. The molecule has 0 saturated heterocycles. The summed E-state index contributed by atoms with van der Waals surface area (Å²) in [5.41, 5.74) is 5.66.